The zero-order valence-corrected chi connectivity index (χ0v) is 19.0. The predicted octanol–water partition coefficient (Wildman–Crippen LogP) is 3.49. The molecule has 2 heterocycles. The van der Waals surface area contributed by atoms with E-state index in [1.807, 2.05) is 0 Å². The highest BCUT2D eigenvalue weighted by atomic mass is 19.4. The quantitative estimate of drug-likeness (QED) is 0.275. The Morgan fingerprint density at radius 2 is 1.92 bits per heavy atom. The number of hydrogen-bond acceptors (Lipinski definition) is 5. The number of hydrogen-bond donors (Lipinski definition) is 4. The molecule has 2 aromatic heterocycles. The Morgan fingerprint density at radius 3 is 2.57 bits per heavy atom. The van der Waals surface area contributed by atoms with Crippen molar-refractivity contribution < 1.29 is 36.3 Å². The Bertz CT molecular complexity index is 1530. The number of nitrogens with two attached hydrogens (primary N) is 2. The number of carbonyl (C=O) groups is 2. The second kappa shape index (κ2) is 9.44. The largest absolute Gasteiger partial charge is 0.496 e. The molecule has 0 saturated heterocycles. The van der Waals surface area contributed by atoms with Crippen LogP contribution in [0.3, 0.4) is 0 Å². The smallest absolute Gasteiger partial charge is 0.408 e. The second-order valence-corrected chi connectivity index (χ2v) is 7.92. The van der Waals surface area contributed by atoms with E-state index in [9.17, 15) is 27.2 Å². The van der Waals surface area contributed by atoms with Gasteiger partial charge in [-0.3, -0.25) is 9.59 Å². The first-order valence-corrected chi connectivity index (χ1v) is 10.5. The summed E-state index contributed by atoms with van der Waals surface area (Å²) < 4.78 is 73.3. The van der Waals surface area contributed by atoms with Crippen LogP contribution in [0.1, 0.15) is 26.3 Å². The number of aromatic amines is 1. The minimum atomic E-state index is -4.70. The standard InChI is InChI=1S/C23H19F5N6O3/c1-37-16-3-2-10(24)6-13(16)22(36)32-8-14-15(25)7-12(11-4-5-31-18(11)14)19-17(21(30)35)20(29)34(33-19)9-23(26,27)28/h2-7,31H,8-9,29H2,1H3,(H2,30,35)(H,32,36). The molecule has 0 radical (unpaired) electrons. The number of amides is 2. The van der Waals surface area contributed by atoms with Gasteiger partial charge in [0.15, 0.2) is 0 Å². The molecule has 37 heavy (non-hydrogen) atoms. The molecular formula is C23H19F5N6O3. The average molecular weight is 522 g/mol. The van der Waals surface area contributed by atoms with Gasteiger partial charge in [0.2, 0.25) is 0 Å². The minimum absolute atomic E-state index is 0.0178. The number of alkyl halides is 3. The van der Waals surface area contributed by atoms with Crippen LogP contribution in [0.2, 0.25) is 0 Å². The molecular weight excluding hydrogens is 503 g/mol. The highest BCUT2D eigenvalue weighted by Crippen LogP contribution is 2.36. The number of H-pyrrole nitrogens is 1. The minimum Gasteiger partial charge on any atom is -0.496 e. The summed E-state index contributed by atoms with van der Waals surface area (Å²) in [5.74, 6) is -3.96. The molecule has 14 heteroatoms. The number of nitrogens with zero attached hydrogens (tertiary/aromatic N) is 2. The van der Waals surface area contributed by atoms with Crippen LogP contribution in [0.5, 0.6) is 5.75 Å². The van der Waals surface area contributed by atoms with E-state index in [1.165, 1.54) is 25.4 Å². The van der Waals surface area contributed by atoms with Gasteiger partial charge in [0.1, 0.15) is 41.0 Å². The van der Waals surface area contributed by atoms with E-state index < -0.39 is 47.6 Å². The van der Waals surface area contributed by atoms with Crippen molar-refractivity contribution in [3.8, 4) is 17.0 Å². The molecule has 0 saturated carbocycles. The summed E-state index contributed by atoms with van der Waals surface area (Å²) in [5, 5.41) is 6.55. The van der Waals surface area contributed by atoms with Crippen molar-refractivity contribution in [3.63, 3.8) is 0 Å². The van der Waals surface area contributed by atoms with Gasteiger partial charge in [-0.05, 0) is 30.3 Å². The average Bonchev–Trinajstić information content (AvgIpc) is 3.42. The van der Waals surface area contributed by atoms with Gasteiger partial charge in [-0.25, -0.2) is 13.5 Å². The van der Waals surface area contributed by atoms with Crippen LogP contribution in [-0.4, -0.2) is 39.9 Å². The maximum atomic E-state index is 15.3. The third-order valence-corrected chi connectivity index (χ3v) is 5.55. The Labute approximate surface area is 205 Å². The first kappa shape index (κ1) is 25.5. The molecule has 0 spiro atoms. The van der Waals surface area contributed by atoms with Crippen molar-refractivity contribution in [1.82, 2.24) is 20.1 Å². The van der Waals surface area contributed by atoms with Crippen LogP contribution in [0.4, 0.5) is 27.8 Å². The normalized spacial score (nSPS) is 11.6. The fraction of sp³-hybridized carbons (Fsp3) is 0.174. The van der Waals surface area contributed by atoms with Crippen LogP contribution < -0.4 is 21.5 Å². The lowest BCUT2D eigenvalue weighted by Gasteiger charge is -2.12. The van der Waals surface area contributed by atoms with Crippen LogP contribution in [0, 0.1) is 11.6 Å². The lowest BCUT2D eigenvalue weighted by Crippen LogP contribution is -2.24. The number of nitrogens with one attached hydrogen (secondary N) is 2. The van der Waals surface area contributed by atoms with Gasteiger partial charge in [0.05, 0.1) is 18.2 Å². The number of primary amides is 1. The van der Waals surface area contributed by atoms with Crippen molar-refractivity contribution in [3.05, 3.63) is 64.9 Å². The number of halogens is 5. The number of rotatable bonds is 7. The van der Waals surface area contributed by atoms with Gasteiger partial charge in [-0.15, -0.1) is 0 Å². The lowest BCUT2D eigenvalue weighted by molar-refractivity contribution is -0.142. The molecule has 0 atom stereocenters. The Hall–Kier alpha value is -4.62. The number of nitrogen functional groups attached to an aromatic ring is 1. The molecule has 4 aromatic rings. The third kappa shape index (κ3) is 4.90. The second-order valence-electron chi connectivity index (χ2n) is 7.92. The molecule has 6 N–H and O–H groups in total. The lowest BCUT2D eigenvalue weighted by atomic mass is 9.99. The first-order valence-electron chi connectivity index (χ1n) is 10.5. The number of carbonyl (C=O) groups excluding carboxylic acids is 2. The summed E-state index contributed by atoms with van der Waals surface area (Å²) in [5.41, 5.74) is 10.2. The van der Waals surface area contributed by atoms with E-state index in [4.69, 9.17) is 16.2 Å². The van der Waals surface area contributed by atoms with Gasteiger partial charge in [-0.2, -0.15) is 18.3 Å². The van der Waals surface area contributed by atoms with Crippen molar-refractivity contribution in [2.75, 3.05) is 12.8 Å². The molecule has 0 aliphatic carbocycles. The summed E-state index contributed by atoms with van der Waals surface area (Å²) in [6.45, 7) is -1.94. The van der Waals surface area contributed by atoms with E-state index in [2.05, 4.69) is 15.4 Å². The molecule has 0 unspecified atom stereocenters. The van der Waals surface area contributed by atoms with Crippen LogP contribution in [0.15, 0.2) is 36.5 Å². The van der Waals surface area contributed by atoms with Crippen LogP contribution in [-0.2, 0) is 13.1 Å². The van der Waals surface area contributed by atoms with Crippen molar-refractivity contribution in [1.29, 1.82) is 0 Å². The van der Waals surface area contributed by atoms with E-state index >= 15 is 4.39 Å². The highest BCUT2D eigenvalue weighted by molar-refractivity contribution is 6.07. The molecule has 4 rings (SSSR count). The van der Waals surface area contributed by atoms with E-state index in [0.717, 1.165) is 18.2 Å². The van der Waals surface area contributed by atoms with E-state index in [-0.39, 0.29) is 45.6 Å². The van der Waals surface area contributed by atoms with Crippen molar-refractivity contribution in [2.45, 2.75) is 19.3 Å². The van der Waals surface area contributed by atoms with Gasteiger partial charge in [0, 0.05) is 29.3 Å². The van der Waals surface area contributed by atoms with Crippen LogP contribution in [0.25, 0.3) is 22.2 Å². The molecule has 9 nitrogen and oxygen atoms in total. The molecule has 0 fully saturated rings. The molecule has 0 bridgehead atoms. The zero-order chi connectivity index (χ0) is 27.1. The van der Waals surface area contributed by atoms with Gasteiger partial charge < -0.3 is 26.5 Å². The number of fused-ring (bicyclic) bond motifs is 1. The summed E-state index contributed by atoms with van der Waals surface area (Å²) in [7, 11) is 1.30. The fourth-order valence-corrected chi connectivity index (χ4v) is 3.94. The Balaban J connectivity index is 1.75. The third-order valence-electron chi connectivity index (χ3n) is 5.55. The summed E-state index contributed by atoms with van der Waals surface area (Å²) >= 11 is 0. The number of benzene rings is 2. The topological polar surface area (TPSA) is 141 Å². The molecule has 0 aliphatic heterocycles. The Kier molecular flexibility index (Phi) is 6.50. The Morgan fingerprint density at radius 1 is 1.19 bits per heavy atom. The number of methoxy groups -OCH3 is 1. The van der Waals surface area contributed by atoms with Gasteiger partial charge in [-0.1, -0.05) is 0 Å². The van der Waals surface area contributed by atoms with Gasteiger partial charge in [0.25, 0.3) is 11.8 Å². The van der Waals surface area contributed by atoms with Crippen LogP contribution >= 0.6 is 0 Å². The summed E-state index contributed by atoms with van der Waals surface area (Å²) in [6.07, 6.45) is -3.28. The number of aromatic nitrogens is 3. The fourth-order valence-electron chi connectivity index (χ4n) is 3.94. The van der Waals surface area contributed by atoms with E-state index in [0.29, 0.717) is 4.68 Å². The van der Waals surface area contributed by atoms with E-state index in [1.54, 1.807) is 0 Å². The SMILES string of the molecule is COc1ccc(F)cc1C(=O)NCc1c(F)cc(-c2nn(CC(F)(F)F)c(N)c2C(N)=O)c2cc[nH]c12. The van der Waals surface area contributed by atoms with Gasteiger partial charge >= 0.3 is 6.18 Å². The monoisotopic (exact) mass is 522 g/mol. The maximum Gasteiger partial charge on any atom is 0.408 e. The predicted molar refractivity (Wildman–Crippen MR) is 123 cm³/mol. The maximum absolute atomic E-state index is 15.3. The molecule has 0 aliphatic rings. The number of ether oxygens (including phenoxy) is 1. The zero-order valence-electron chi connectivity index (χ0n) is 19.0. The first-order chi connectivity index (χ1) is 17.4. The molecule has 2 aromatic carbocycles. The summed E-state index contributed by atoms with van der Waals surface area (Å²) in [4.78, 5) is 27.5. The van der Waals surface area contributed by atoms with Crippen molar-refractivity contribution in [2.24, 2.45) is 5.73 Å². The molecule has 2 amide bonds. The number of anilines is 1. The summed E-state index contributed by atoms with van der Waals surface area (Å²) in [6, 6.07) is 5.77. The molecule has 194 valence electrons. The highest BCUT2D eigenvalue weighted by Gasteiger charge is 2.33. The van der Waals surface area contributed by atoms with Crippen molar-refractivity contribution >= 4 is 28.5 Å².